The summed E-state index contributed by atoms with van der Waals surface area (Å²) < 4.78 is 49.9. The van der Waals surface area contributed by atoms with E-state index in [2.05, 4.69) is 15.3 Å². The zero-order valence-electron chi connectivity index (χ0n) is 19.9. The van der Waals surface area contributed by atoms with Crippen LogP contribution >= 0.6 is 0 Å². The number of benzene rings is 1. The van der Waals surface area contributed by atoms with Gasteiger partial charge in [-0.05, 0) is 50.4 Å². The number of nitrogens with zero attached hydrogens (tertiary/aromatic N) is 2. The monoisotopic (exact) mass is 533 g/mol. The first-order valence-electron chi connectivity index (χ1n) is 12.0. The minimum absolute atomic E-state index is 0.0414. The maximum atomic E-state index is 13.1. The number of primary sulfonamides is 1. The molecule has 2 aromatic heterocycles. The van der Waals surface area contributed by atoms with Crippen LogP contribution in [0.5, 0.6) is 5.75 Å². The molecule has 12 heteroatoms. The van der Waals surface area contributed by atoms with E-state index in [9.17, 15) is 13.0 Å². The third-order valence-electron chi connectivity index (χ3n) is 6.81. The number of hydrogen-bond acceptors (Lipinski definition) is 8. The molecular weight excluding hydrogens is 502 g/mol. The fraction of sp³-hybridized carbons (Fsp3) is 0.458. The second-order valence-corrected chi connectivity index (χ2v) is 12.4. The standard InChI is InChI=1S/C24H31N5O5S2/c25-36(31,32)21-4-1-3-19(13-21)33-12-2-8-26-18-15-24(34-17-18)6-10-29(11-7-24)35(30)20-14-23-22(28-16-20)5-9-27-23/h1,3-5,9,13-14,16,18,26-27H,2,6-8,10-12,15,17H2,(H2,25,31,32)/t18-,35?/m1/s1. The number of rotatable bonds is 9. The van der Waals surface area contributed by atoms with Crippen LogP contribution in [0.25, 0.3) is 11.0 Å². The lowest BCUT2D eigenvalue weighted by atomic mass is 9.88. The van der Waals surface area contributed by atoms with Gasteiger partial charge in [0.05, 0.1) is 52.3 Å². The van der Waals surface area contributed by atoms with Crippen molar-refractivity contribution >= 4 is 32.4 Å². The first kappa shape index (κ1) is 25.5. The molecule has 1 unspecified atom stereocenters. The lowest BCUT2D eigenvalue weighted by Gasteiger charge is -2.37. The van der Waals surface area contributed by atoms with Crippen molar-refractivity contribution in [2.75, 3.05) is 32.8 Å². The Balaban J connectivity index is 1.03. The molecule has 2 fully saturated rings. The molecule has 36 heavy (non-hydrogen) atoms. The van der Waals surface area contributed by atoms with Crippen LogP contribution in [-0.4, -0.2) is 71.7 Å². The topological polar surface area (TPSA) is 146 Å². The molecule has 194 valence electrons. The van der Waals surface area contributed by atoms with E-state index in [-0.39, 0.29) is 16.5 Å². The Kier molecular flexibility index (Phi) is 7.54. The Hall–Kier alpha value is -2.19. The number of fused-ring (bicyclic) bond motifs is 1. The van der Waals surface area contributed by atoms with Crippen molar-refractivity contribution < 1.29 is 22.4 Å². The maximum absolute atomic E-state index is 13.1. The molecular formula is C24H31N5O5S2. The molecule has 2 aliphatic rings. The molecule has 0 bridgehead atoms. The minimum Gasteiger partial charge on any atom is -0.593 e. The van der Waals surface area contributed by atoms with Crippen LogP contribution in [-0.2, 0) is 26.1 Å². The number of hydrogen-bond donors (Lipinski definition) is 3. The van der Waals surface area contributed by atoms with Gasteiger partial charge in [0.15, 0.2) is 4.90 Å². The van der Waals surface area contributed by atoms with Crippen LogP contribution in [0.1, 0.15) is 25.7 Å². The Bertz CT molecular complexity index is 1290. The fourth-order valence-corrected chi connectivity index (χ4v) is 6.57. The van der Waals surface area contributed by atoms with Gasteiger partial charge in [-0.2, -0.15) is 0 Å². The molecule has 3 aromatic rings. The van der Waals surface area contributed by atoms with Gasteiger partial charge in [-0.15, -0.1) is 4.31 Å². The normalized spacial score (nSPS) is 21.2. The quantitative estimate of drug-likeness (QED) is 0.279. The molecule has 4 heterocycles. The average molecular weight is 534 g/mol. The summed E-state index contributed by atoms with van der Waals surface area (Å²) in [6.07, 6.45) is 6.93. The Morgan fingerprint density at radius 3 is 2.94 bits per heavy atom. The lowest BCUT2D eigenvalue weighted by Crippen LogP contribution is -2.46. The number of aromatic nitrogens is 2. The Morgan fingerprint density at radius 2 is 2.14 bits per heavy atom. The maximum Gasteiger partial charge on any atom is 0.238 e. The van der Waals surface area contributed by atoms with Crippen LogP contribution < -0.4 is 15.2 Å². The van der Waals surface area contributed by atoms with E-state index in [4.69, 9.17) is 14.6 Å². The summed E-state index contributed by atoms with van der Waals surface area (Å²) in [6.45, 7) is 3.32. The second kappa shape index (κ2) is 10.7. The summed E-state index contributed by atoms with van der Waals surface area (Å²) in [5.74, 6) is 0.484. The van der Waals surface area contributed by atoms with E-state index >= 15 is 0 Å². The number of nitrogens with one attached hydrogen (secondary N) is 2. The van der Waals surface area contributed by atoms with Crippen LogP contribution in [0.2, 0.25) is 0 Å². The highest BCUT2D eigenvalue weighted by Crippen LogP contribution is 2.37. The molecule has 5 rings (SSSR count). The Labute approximate surface area is 213 Å². The molecule has 0 radical (unpaired) electrons. The van der Waals surface area contributed by atoms with E-state index < -0.39 is 21.4 Å². The van der Waals surface area contributed by atoms with Crippen molar-refractivity contribution in [2.24, 2.45) is 5.14 Å². The highest BCUT2D eigenvalue weighted by Gasteiger charge is 2.44. The third kappa shape index (κ3) is 5.86. The molecule has 10 nitrogen and oxygen atoms in total. The molecule has 0 saturated carbocycles. The number of sulfonamides is 1. The van der Waals surface area contributed by atoms with Crippen molar-refractivity contribution in [3.05, 3.63) is 48.8 Å². The van der Waals surface area contributed by atoms with Crippen molar-refractivity contribution in [3.8, 4) is 5.75 Å². The number of nitrogens with two attached hydrogens (primary N) is 1. The number of ether oxygens (including phenoxy) is 2. The van der Waals surface area contributed by atoms with Gasteiger partial charge < -0.3 is 24.3 Å². The fourth-order valence-electron chi connectivity index (χ4n) is 4.85. The van der Waals surface area contributed by atoms with Gasteiger partial charge in [0.2, 0.25) is 10.0 Å². The van der Waals surface area contributed by atoms with Crippen molar-refractivity contribution in [1.29, 1.82) is 0 Å². The zero-order chi connectivity index (χ0) is 25.2. The van der Waals surface area contributed by atoms with Gasteiger partial charge in [-0.1, -0.05) is 6.07 Å². The van der Waals surface area contributed by atoms with Crippen LogP contribution in [0.3, 0.4) is 0 Å². The van der Waals surface area contributed by atoms with Crippen molar-refractivity contribution in [2.45, 2.75) is 47.1 Å². The van der Waals surface area contributed by atoms with E-state index in [1.54, 1.807) is 18.3 Å². The number of pyridine rings is 1. The minimum atomic E-state index is -3.74. The van der Waals surface area contributed by atoms with E-state index in [0.29, 0.717) is 36.9 Å². The predicted octanol–water partition coefficient (Wildman–Crippen LogP) is 1.92. The van der Waals surface area contributed by atoms with E-state index in [1.165, 1.54) is 12.1 Å². The third-order valence-corrected chi connectivity index (χ3v) is 9.18. The number of piperidine rings is 1. The van der Waals surface area contributed by atoms with Crippen LogP contribution in [0.15, 0.2) is 58.6 Å². The van der Waals surface area contributed by atoms with Gasteiger partial charge in [0.1, 0.15) is 5.75 Å². The Morgan fingerprint density at radius 1 is 1.31 bits per heavy atom. The predicted molar refractivity (Wildman–Crippen MR) is 136 cm³/mol. The highest BCUT2D eigenvalue weighted by atomic mass is 32.2. The largest absolute Gasteiger partial charge is 0.593 e. The summed E-state index contributed by atoms with van der Waals surface area (Å²) in [6, 6.07) is 10.3. The summed E-state index contributed by atoms with van der Waals surface area (Å²) >= 11 is -1.24. The van der Waals surface area contributed by atoms with Crippen molar-refractivity contribution in [1.82, 2.24) is 19.6 Å². The van der Waals surface area contributed by atoms with Crippen LogP contribution in [0, 0.1) is 0 Å². The SMILES string of the molecule is NS(=O)(=O)c1cccc(OCCCN[C@H]2COC3(CCN([S+]([O-])c4cnc5cc[nH]c5c4)CC3)C2)c1. The lowest BCUT2D eigenvalue weighted by molar-refractivity contribution is -0.0312. The van der Waals surface area contributed by atoms with Crippen LogP contribution in [0.4, 0.5) is 0 Å². The smallest absolute Gasteiger partial charge is 0.238 e. The van der Waals surface area contributed by atoms with Gasteiger partial charge in [-0.3, -0.25) is 0 Å². The highest BCUT2D eigenvalue weighted by molar-refractivity contribution is 7.89. The molecule has 2 saturated heterocycles. The van der Waals surface area contributed by atoms with Gasteiger partial charge in [0.25, 0.3) is 0 Å². The molecule has 2 aliphatic heterocycles. The molecule has 0 amide bonds. The molecule has 2 atom stereocenters. The summed E-state index contributed by atoms with van der Waals surface area (Å²) in [4.78, 5) is 8.27. The first-order valence-corrected chi connectivity index (χ1v) is 14.7. The molecule has 4 N–H and O–H groups in total. The van der Waals surface area contributed by atoms with E-state index in [1.807, 2.05) is 22.6 Å². The molecule has 0 aliphatic carbocycles. The summed E-state index contributed by atoms with van der Waals surface area (Å²) in [5.41, 5.74) is 1.60. The molecule has 1 spiro atoms. The summed E-state index contributed by atoms with van der Waals surface area (Å²) in [7, 11) is -3.74. The second-order valence-electron chi connectivity index (χ2n) is 9.33. The first-order chi connectivity index (χ1) is 17.3. The zero-order valence-corrected chi connectivity index (χ0v) is 21.5. The summed E-state index contributed by atoms with van der Waals surface area (Å²) in [5, 5.41) is 8.71. The molecule has 1 aromatic carbocycles. The number of aromatic amines is 1. The average Bonchev–Trinajstić information content (AvgIpc) is 3.50. The van der Waals surface area contributed by atoms with Gasteiger partial charge >= 0.3 is 0 Å². The van der Waals surface area contributed by atoms with Gasteiger partial charge in [-0.25, -0.2) is 18.5 Å². The van der Waals surface area contributed by atoms with E-state index in [0.717, 1.165) is 43.3 Å². The van der Waals surface area contributed by atoms with Crippen molar-refractivity contribution in [3.63, 3.8) is 0 Å². The number of H-pyrrole nitrogens is 1. The van der Waals surface area contributed by atoms with Gasteiger partial charge in [0, 0.05) is 37.5 Å².